The van der Waals surface area contributed by atoms with Gasteiger partial charge < -0.3 is 10.3 Å². The lowest BCUT2D eigenvalue weighted by atomic mass is 10.0. The van der Waals surface area contributed by atoms with Crippen molar-refractivity contribution in [3.05, 3.63) is 24.5 Å². The summed E-state index contributed by atoms with van der Waals surface area (Å²) in [4.78, 5) is 12.1. The molecule has 0 saturated carbocycles. The second kappa shape index (κ2) is 5.01. The van der Waals surface area contributed by atoms with E-state index in [9.17, 15) is 0 Å². The van der Waals surface area contributed by atoms with Gasteiger partial charge in [0, 0.05) is 6.20 Å². The van der Waals surface area contributed by atoms with Gasteiger partial charge in [-0.05, 0) is 18.4 Å². The first-order valence-corrected chi connectivity index (χ1v) is 5.52. The topological polar surface area (TPSA) is 90.7 Å². The summed E-state index contributed by atoms with van der Waals surface area (Å²) in [6, 6.07) is 1.50. The van der Waals surface area contributed by atoms with E-state index in [2.05, 4.69) is 34.0 Å². The number of nitrogens with two attached hydrogens (primary N) is 1. The highest BCUT2D eigenvalue weighted by Gasteiger charge is 2.17. The van der Waals surface area contributed by atoms with E-state index in [-0.39, 0.29) is 6.04 Å². The summed E-state index contributed by atoms with van der Waals surface area (Å²) < 4.78 is 5.14. The third-order valence-corrected chi connectivity index (χ3v) is 2.30. The molecule has 6 heteroatoms. The molecule has 0 amide bonds. The van der Waals surface area contributed by atoms with Crippen LogP contribution in [0.2, 0.25) is 0 Å². The van der Waals surface area contributed by atoms with Crippen LogP contribution in [0.3, 0.4) is 0 Å². The minimum Gasteiger partial charge on any atom is -0.337 e. The maximum atomic E-state index is 5.96. The van der Waals surface area contributed by atoms with Crippen LogP contribution in [0.5, 0.6) is 0 Å². The van der Waals surface area contributed by atoms with Crippen LogP contribution in [0.25, 0.3) is 11.5 Å². The molecule has 0 fully saturated rings. The second-order valence-electron chi connectivity index (χ2n) is 4.29. The SMILES string of the molecule is CC(C)CC(N)c1nc(-c2ccncn2)no1. The normalized spacial score (nSPS) is 12.9. The molecule has 2 aromatic heterocycles. The number of hydrogen-bond donors (Lipinski definition) is 1. The zero-order valence-electron chi connectivity index (χ0n) is 9.87. The third-order valence-electron chi connectivity index (χ3n) is 2.30. The predicted octanol–water partition coefficient (Wildman–Crippen LogP) is 1.57. The molecule has 0 aliphatic heterocycles. The van der Waals surface area contributed by atoms with Crippen LogP contribution in [-0.2, 0) is 0 Å². The van der Waals surface area contributed by atoms with Crippen LogP contribution < -0.4 is 5.73 Å². The molecule has 90 valence electrons. The van der Waals surface area contributed by atoms with Gasteiger partial charge in [-0.25, -0.2) is 9.97 Å². The zero-order chi connectivity index (χ0) is 12.3. The zero-order valence-corrected chi connectivity index (χ0v) is 9.87. The molecular formula is C11H15N5O. The van der Waals surface area contributed by atoms with Crippen LogP contribution in [0.15, 0.2) is 23.1 Å². The van der Waals surface area contributed by atoms with E-state index in [0.717, 1.165) is 6.42 Å². The molecule has 0 bridgehead atoms. The molecule has 2 aromatic rings. The van der Waals surface area contributed by atoms with Gasteiger partial charge in [-0.1, -0.05) is 19.0 Å². The standard InChI is InChI=1S/C11H15N5O/c1-7(2)5-8(12)11-15-10(16-17-11)9-3-4-13-6-14-9/h3-4,6-8H,5,12H2,1-2H3. The first-order chi connectivity index (χ1) is 8.16. The molecule has 2 heterocycles. The summed E-state index contributed by atoms with van der Waals surface area (Å²) in [5, 5.41) is 3.86. The smallest absolute Gasteiger partial charge is 0.243 e. The van der Waals surface area contributed by atoms with Crippen molar-refractivity contribution >= 4 is 0 Å². The summed E-state index contributed by atoms with van der Waals surface area (Å²) >= 11 is 0. The number of rotatable bonds is 4. The van der Waals surface area contributed by atoms with E-state index in [1.165, 1.54) is 6.33 Å². The van der Waals surface area contributed by atoms with Crippen molar-refractivity contribution < 1.29 is 4.52 Å². The molecule has 1 atom stereocenters. The average molecular weight is 233 g/mol. The van der Waals surface area contributed by atoms with Gasteiger partial charge in [-0.15, -0.1) is 0 Å². The van der Waals surface area contributed by atoms with Gasteiger partial charge in [-0.3, -0.25) is 0 Å². The minimum absolute atomic E-state index is 0.224. The van der Waals surface area contributed by atoms with E-state index in [1.54, 1.807) is 12.3 Å². The Hall–Kier alpha value is -1.82. The quantitative estimate of drug-likeness (QED) is 0.861. The fourth-order valence-corrected chi connectivity index (χ4v) is 1.52. The molecule has 2 rings (SSSR count). The molecule has 0 aliphatic carbocycles. The maximum Gasteiger partial charge on any atom is 0.243 e. The van der Waals surface area contributed by atoms with E-state index in [0.29, 0.717) is 23.3 Å². The van der Waals surface area contributed by atoms with Gasteiger partial charge in [-0.2, -0.15) is 4.98 Å². The molecule has 0 radical (unpaired) electrons. The van der Waals surface area contributed by atoms with E-state index in [1.807, 2.05) is 0 Å². The Morgan fingerprint density at radius 3 is 2.88 bits per heavy atom. The van der Waals surface area contributed by atoms with E-state index in [4.69, 9.17) is 10.3 Å². The Morgan fingerprint density at radius 2 is 2.24 bits per heavy atom. The van der Waals surface area contributed by atoms with Gasteiger partial charge in [0.2, 0.25) is 11.7 Å². The molecular weight excluding hydrogens is 218 g/mol. The molecule has 0 saturated heterocycles. The van der Waals surface area contributed by atoms with Gasteiger partial charge in [0.25, 0.3) is 0 Å². The van der Waals surface area contributed by atoms with Crippen LogP contribution >= 0.6 is 0 Å². The van der Waals surface area contributed by atoms with Crippen molar-refractivity contribution in [2.75, 3.05) is 0 Å². The van der Waals surface area contributed by atoms with Crippen molar-refractivity contribution in [1.82, 2.24) is 20.1 Å². The van der Waals surface area contributed by atoms with Crippen LogP contribution in [0, 0.1) is 5.92 Å². The monoisotopic (exact) mass is 233 g/mol. The number of aromatic nitrogens is 4. The van der Waals surface area contributed by atoms with E-state index < -0.39 is 0 Å². The lowest BCUT2D eigenvalue weighted by molar-refractivity contribution is 0.335. The lowest BCUT2D eigenvalue weighted by Gasteiger charge is -2.08. The van der Waals surface area contributed by atoms with Crippen molar-refractivity contribution in [3.8, 4) is 11.5 Å². The molecule has 6 nitrogen and oxygen atoms in total. The number of nitrogens with zero attached hydrogens (tertiary/aromatic N) is 4. The van der Waals surface area contributed by atoms with Gasteiger partial charge in [0.05, 0.1) is 6.04 Å². The van der Waals surface area contributed by atoms with Crippen LogP contribution in [0.4, 0.5) is 0 Å². The van der Waals surface area contributed by atoms with Crippen molar-refractivity contribution in [1.29, 1.82) is 0 Å². The Morgan fingerprint density at radius 1 is 1.41 bits per heavy atom. The largest absolute Gasteiger partial charge is 0.337 e. The predicted molar refractivity (Wildman–Crippen MR) is 61.7 cm³/mol. The molecule has 2 N–H and O–H groups in total. The first-order valence-electron chi connectivity index (χ1n) is 5.52. The maximum absolute atomic E-state index is 5.96. The van der Waals surface area contributed by atoms with E-state index >= 15 is 0 Å². The Bertz CT molecular complexity index is 468. The van der Waals surface area contributed by atoms with Crippen molar-refractivity contribution in [3.63, 3.8) is 0 Å². The lowest BCUT2D eigenvalue weighted by Crippen LogP contribution is -2.13. The Balaban J connectivity index is 2.16. The molecule has 0 aliphatic rings. The summed E-state index contributed by atoms with van der Waals surface area (Å²) in [6.45, 7) is 4.20. The highest BCUT2D eigenvalue weighted by molar-refractivity contribution is 5.46. The van der Waals surface area contributed by atoms with Crippen molar-refractivity contribution in [2.45, 2.75) is 26.3 Å². The average Bonchev–Trinajstić information content (AvgIpc) is 2.78. The van der Waals surface area contributed by atoms with Gasteiger partial charge in [0.1, 0.15) is 12.0 Å². The molecule has 17 heavy (non-hydrogen) atoms. The highest BCUT2D eigenvalue weighted by atomic mass is 16.5. The van der Waals surface area contributed by atoms with Crippen molar-refractivity contribution in [2.24, 2.45) is 11.7 Å². The second-order valence-corrected chi connectivity index (χ2v) is 4.29. The molecule has 0 aromatic carbocycles. The fraction of sp³-hybridized carbons (Fsp3) is 0.455. The van der Waals surface area contributed by atoms with Crippen LogP contribution in [0.1, 0.15) is 32.2 Å². The minimum atomic E-state index is -0.224. The number of hydrogen-bond acceptors (Lipinski definition) is 6. The summed E-state index contributed by atoms with van der Waals surface area (Å²) in [5.41, 5.74) is 6.59. The Labute approximate surface area is 99.3 Å². The summed E-state index contributed by atoms with van der Waals surface area (Å²) in [6.07, 6.45) is 3.89. The summed E-state index contributed by atoms with van der Waals surface area (Å²) in [7, 11) is 0. The van der Waals surface area contributed by atoms with Gasteiger partial charge >= 0.3 is 0 Å². The third kappa shape index (κ3) is 2.85. The first kappa shape index (κ1) is 11.7. The highest BCUT2D eigenvalue weighted by Crippen LogP contribution is 2.19. The Kier molecular flexibility index (Phi) is 3.43. The fourth-order valence-electron chi connectivity index (χ4n) is 1.52. The summed E-state index contributed by atoms with van der Waals surface area (Å²) in [5.74, 6) is 1.38. The van der Waals surface area contributed by atoms with Gasteiger partial charge in [0.15, 0.2) is 0 Å². The molecule has 0 spiro atoms. The van der Waals surface area contributed by atoms with Crippen LogP contribution in [-0.4, -0.2) is 20.1 Å². The molecule has 1 unspecified atom stereocenters.